The molecule has 0 aliphatic rings. The lowest BCUT2D eigenvalue weighted by Gasteiger charge is -2.20. The molecule has 0 bridgehead atoms. The van der Waals surface area contributed by atoms with Gasteiger partial charge in [-0.15, -0.1) is 11.3 Å². The molecule has 3 heterocycles. The van der Waals surface area contributed by atoms with E-state index >= 15 is 0 Å². The fraction of sp³-hybridized carbons (Fsp3) is 0.118. The summed E-state index contributed by atoms with van der Waals surface area (Å²) in [5.41, 5.74) is 2.10. The molecule has 1 aromatic carbocycles. The number of hydrogen-bond acceptors (Lipinski definition) is 5. The van der Waals surface area contributed by atoms with Crippen molar-refractivity contribution < 1.29 is 0 Å². The topological polar surface area (TPSA) is 55.6 Å². The minimum Gasteiger partial charge on any atom is -0.355 e. The number of benzene rings is 1. The van der Waals surface area contributed by atoms with E-state index in [0.717, 1.165) is 27.4 Å². The van der Waals surface area contributed by atoms with Crippen LogP contribution in [0.2, 0.25) is 0 Å². The number of thiophene rings is 1. The lowest BCUT2D eigenvalue weighted by molar-refractivity contribution is 0.746. The minimum atomic E-state index is -0.0728. The highest BCUT2D eigenvalue weighted by Gasteiger charge is 2.20. The van der Waals surface area contributed by atoms with Crippen LogP contribution in [-0.4, -0.2) is 19.5 Å². The predicted octanol–water partition coefficient (Wildman–Crippen LogP) is 3.63. The van der Waals surface area contributed by atoms with Crippen molar-refractivity contribution in [3.05, 3.63) is 71.9 Å². The zero-order chi connectivity index (χ0) is 15.6. The summed E-state index contributed by atoms with van der Waals surface area (Å²) in [6.07, 6.45) is 5.36. The van der Waals surface area contributed by atoms with Gasteiger partial charge in [0.2, 0.25) is 0 Å². The van der Waals surface area contributed by atoms with Crippen LogP contribution in [0.5, 0.6) is 0 Å². The van der Waals surface area contributed by atoms with Gasteiger partial charge in [0.1, 0.15) is 24.0 Å². The minimum absolute atomic E-state index is 0.0728. The van der Waals surface area contributed by atoms with Gasteiger partial charge in [0.05, 0.1) is 10.2 Å². The summed E-state index contributed by atoms with van der Waals surface area (Å²) < 4.78 is 3.08. The quantitative estimate of drug-likeness (QED) is 0.623. The summed E-state index contributed by atoms with van der Waals surface area (Å²) >= 11 is 1.64. The van der Waals surface area contributed by atoms with Crippen LogP contribution in [0.1, 0.15) is 17.4 Å². The van der Waals surface area contributed by atoms with Gasteiger partial charge in [0.15, 0.2) is 0 Å². The van der Waals surface area contributed by atoms with Gasteiger partial charge in [-0.25, -0.2) is 15.0 Å². The Morgan fingerprint density at radius 1 is 1.09 bits per heavy atom. The van der Waals surface area contributed by atoms with E-state index in [0.29, 0.717) is 0 Å². The zero-order valence-electron chi connectivity index (χ0n) is 12.5. The van der Waals surface area contributed by atoms with Gasteiger partial charge in [-0.2, -0.15) is 0 Å². The van der Waals surface area contributed by atoms with Crippen molar-refractivity contribution in [2.75, 3.05) is 5.32 Å². The molecule has 6 heteroatoms. The average Bonchev–Trinajstić information content (AvgIpc) is 3.22. The molecule has 0 fully saturated rings. The van der Waals surface area contributed by atoms with Crippen molar-refractivity contribution in [3.8, 4) is 0 Å². The molecule has 4 rings (SSSR count). The molecule has 0 spiro atoms. The second kappa shape index (κ2) is 5.81. The number of rotatable bonds is 4. The number of aromatic nitrogens is 4. The lowest BCUT2D eigenvalue weighted by Crippen LogP contribution is -2.17. The summed E-state index contributed by atoms with van der Waals surface area (Å²) in [6.45, 7) is 0. The second-order valence-corrected chi connectivity index (χ2v) is 6.16. The van der Waals surface area contributed by atoms with Crippen molar-refractivity contribution in [1.29, 1.82) is 0 Å². The number of anilines is 1. The van der Waals surface area contributed by atoms with Crippen molar-refractivity contribution in [2.24, 2.45) is 7.05 Å². The molecule has 0 unspecified atom stereocenters. The first-order valence-electron chi connectivity index (χ1n) is 7.30. The zero-order valence-corrected chi connectivity index (χ0v) is 13.4. The summed E-state index contributed by atoms with van der Waals surface area (Å²) in [4.78, 5) is 13.3. The molecule has 0 saturated heterocycles. The smallest absolute Gasteiger partial charge is 0.148 e. The van der Waals surface area contributed by atoms with E-state index in [1.807, 2.05) is 53.7 Å². The van der Waals surface area contributed by atoms with Gasteiger partial charge in [-0.1, -0.05) is 30.3 Å². The third-order valence-electron chi connectivity index (χ3n) is 3.77. The van der Waals surface area contributed by atoms with Gasteiger partial charge >= 0.3 is 0 Å². The molecule has 3 aromatic heterocycles. The molecule has 114 valence electrons. The van der Waals surface area contributed by atoms with Crippen LogP contribution < -0.4 is 5.32 Å². The van der Waals surface area contributed by atoms with E-state index in [-0.39, 0.29) is 6.04 Å². The van der Waals surface area contributed by atoms with Gasteiger partial charge in [0, 0.05) is 19.4 Å². The molecule has 0 radical (unpaired) electrons. The molecule has 4 aromatic rings. The Bertz CT molecular complexity index is 928. The highest BCUT2D eigenvalue weighted by molar-refractivity contribution is 7.17. The first-order valence-corrected chi connectivity index (χ1v) is 8.18. The lowest BCUT2D eigenvalue weighted by atomic mass is 10.1. The third-order valence-corrected chi connectivity index (χ3v) is 4.68. The SMILES string of the molecule is Cn1ccnc1[C@@H](Nc1ncnc2ccsc12)c1ccccc1. The fourth-order valence-corrected chi connectivity index (χ4v) is 3.42. The Morgan fingerprint density at radius 2 is 1.96 bits per heavy atom. The number of hydrogen-bond donors (Lipinski definition) is 1. The maximum atomic E-state index is 4.52. The van der Waals surface area contributed by atoms with E-state index < -0.39 is 0 Å². The first kappa shape index (κ1) is 13.9. The summed E-state index contributed by atoms with van der Waals surface area (Å²) in [6, 6.07) is 12.2. The van der Waals surface area contributed by atoms with E-state index in [1.54, 1.807) is 17.7 Å². The maximum absolute atomic E-state index is 4.52. The fourth-order valence-electron chi connectivity index (χ4n) is 2.63. The summed E-state index contributed by atoms with van der Waals surface area (Å²) in [5.74, 6) is 1.78. The predicted molar refractivity (Wildman–Crippen MR) is 92.5 cm³/mol. The molecule has 0 amide bonds. The first-order chi connectivity index (χ1) is 11.3. The second-order valence-electron chi connectivity index (χ2n) is 5.24. The van der Waals surface area contributed by atoms with E-state index in [4.69, 9.17) is 0 Å². The van der Waals surface area contributed by atoms with Gasteiger partial charge in [0.25, 0.3) is 0 Å². The summed E-state index contributed by atoms with van der Waals surface area (Å²) in [5, 5.41) is 5.57. The van der Waals surface area contributed by atoms with Crippen LogP contribution in [0, 0.1) is 0 Å². The Balaban J connectivity index is 1.80. The Kier molecular flexibility index (Phi) is 3.51. The van der Waals surface area contributed by atoms with Gasteiger partial charge in [-0.3, -0.25) is 0 Å². The molecule has 0 aliphatic carbocycles. The molecule has 0 saturated carbocycles. The van der Waals surface area contributed by atoms with E-state index in [2.05, 4.69) is 32.4 Å². The maximum Gasteiger partial charge on any atom is 0.148 e. The number of nitrogens with zero attached hydrogens (tertiary/aromatic N) is 4. The van der Waals surface area contributed by atoms with Crippen molar-refractivity contribution in [1.82, 2.24) is 19.5 Å². The number of fused-ring (bicyclic) bond motifs is 1. The van der Waals surface area contributed by atoms with Crippen LogP contribution in [0.15, 0.2) is 60.5 Å². The third kappa shape index (κ3) is 2.57. The Hall–Kier alpha value is -2.73. The molecular formula is C17H15N5S. The van der Waals surface area contributed by atoms with Crippen molar-refractivity contribution in [3.63, 3.8) is 0 Å². The molecule has 0 aliphatic heterocycles. The average molecular weight is 321 g/mol. The number of nitrogens with one attached hydrogen (secondary N) is 1. The highest BCUT2D eigenvalue weighted by Crippen LogP contribution is 2.30. The van der Waals surface area contributed by atoms with Crippen molar-refractivity contribution in [2.45, 2.75) is 6.04 Å². The molecule has 23 heavy (non-hydrogen) atoms. The van der Waals surface area contributed by atoms with Crippen LogP contribution in [0.3, 0.4) is 0 Å². The molecule has 1 N–H and O–H groups in total. The highest BCUT2D eigenvalue weighted by atomic mass is 32.1. The van der Waals surface area contributed by atoms with Crippen LogP contribution in [0.4, 0.5) is 5.82 Å². The number of aryl methyl sites for hydroxylation is 1. The van der Waals surface area contributed by atoms with Gasteiger partial charge in [-0.05, 0) is 17.0 Å². The number of imidazole rings is 1. The Labute approximate surface area is 137 Å². The van der Waals surface area contributed by atoms with Gasteiger partial charge < -0.3 is 9.88 Å². The molecule has 1 atom stereocenters. The normalized spacial score (nSPS) is 12.4. The van der Waals surface area contributed by atoms with Crippen LogP contribution in [-0.2, 0) is 7.05 Å². The van der Waals surface area contributed by atoms with Crippen molar-refractivity contribution >= 4 is 27.4 Å². The Morgan fingerprint density at radius 3 is 2.74 bits per heavy atom. The van der Waals surface area contributed by atoms with E-state index in [9.17, 15) is 0 Å². The monoisotopic (exact) mass is 321 g/mol. The van der Waals surface area contributed by atoms with E-state index in [1.165, 1.54) is 0 Å². The summed E-state index contributed by atoms with van der Waals surface area (Å²) in [7, 11) is 2.00. The molecular weight excluding hydrogens is 306 g/mol. The van der Waals surface area contributed by atoms with Crippen LogP contribution >= 0.6 is 11.3 Å². The standard InChI is InChI=1S/C17H15N5S/c1-22-9-8-18-17(22)14(12-5-3-2-4-6-12)21-16-15-13(7-10-23-15)19-11-20-16/h2-11,14H,1H3,(H,19,20,21)/t14-/m0/s1. The largest absolute Gasteiger partial charge is 0.355 e. The van der Waals surface area contributed by atoms with Crippen LogP contribution in [0.25, 0.3) is 10.2 Å². The molecule has 5 nitrogen and oxygen atoms in total.